The third-order valence-electron chi connectivity index (χ3n) is 2.99. The number of ether oxygens (including phenoxy) is 3. The van der Waals surface area contributed by atoms with Crippen LogP contribution in [0.5, 0.6) is 17.2 Å². The molecule has 27 heavy (non-hydrogen) atoms. The Balaban J connectivity index is 3.73. The Kier molecular flexibility index (Phi) is 6.92. The first-order chi connectivity index (χ1) is 12.5. The van der Waals surface area contributed by atoms with Crippen LogP contribution in [-0.4, -0.2) is 35.4 Å². The van der Waals surface area contributed by atoms with Crippen molar-refractivity contribution in [2.24, 2.45) is 5.92 Å². The lowest BCUT2D eigenvalue weighted by Crippen LogP contribution is -2.40. The van der Waals surface area contributed by atoms with Gasteiger partial charge in [0.05, 0.1) is 11.5 Å². The van der Waals surface area contributed by atoms with E-state index in [9.17, 15) is 33.9 Å². The Morgan fingerprint density at radius 1 is 0.778 bits per heavy atom. The molecule has 10 heteroatoms. The highest BCUT2D eigenvalue weighted by Crippen LogP contribution is 2.41. The summed E-state index contributed by atoms with van der Waals surface area (Å²) in [6.07, 6.45) is 0. The minimum absolute atomic E-state index is 0.363. The molecule has 1 unspecified atom stereocenters. The van der Waals surface area contributed by atoms with Crippen LogP contribution in [0.25, 0.3) is 0 Å². The van der Waals surface area contributed by atoms with Crippen molar-refractivity contribution in [3.05, 3.63) is 17.7 Å². The Hall–Kier alpha value is -3.56. The zero-order chi connectivity index (χ0) is 20.9. The maximum absolute atomic E-state index is 12.5. The number of hydrogen-bond acceptors (Lipinski definition) is 10. The van der Waals surface area contributed by atoms with Crippen LogP contribution in [0, 0.1) is 5.92 Å². The molecule has 1 aromatic carbocycles. The lowest BCUT2D eigenvalue weighted by atomic mass is 9.93. The SMILES string of the molecule is CC(=O)Oc1ccc(C(=O)C(C(C)=O)C(=O)[O-])c(OC(C)=O)c1OC(C)=O. The minimum Gasteiger partial charge on any atom is -0.549 e. The standard InChI is InChI=1S/C17H16O10/c1-7(18)13(17(23)24)14(22)11-5-6-12(25-8(2)19)16(27-10(4)21)15(11)26-9(3)20/h5-6,13H,1-4H3,(H,23,24)/p-1. The van der Waals surface area contributed by atoms with Gasteiger partial charge in [0, 0.05) is 20.8 Å². The van der Waals surface area contributed by atoms with Crippen molar-refractivity contribution >= 4 is 35.4 Å². The predicted octanol–water partition coefficient (Wildman–Crippen LogP) is -0.400. The van der Waals surface area contributed by atoms with Gasteiger partial charge in [0.25, 0.3) is 0 Å². The molecule has 0 radical (unpaired) electrons. The zero-order valence-electron chi connectivity index (χ0n) is 14.8. The Bertz CT molecular complexity index is 822. The highest BCUT2D eigenvalue weighted by atomic mass is 16.6. The molecule has 0 saturated carbocycles. The quantitative estimate of drug-likeness (QED) is 0.264. The zero-order valence-corrected chi connectivity index (χ0v) is 14.8. The van der Waals surface area contributed by atoms with E-state index in [1.54, 1.807) is 0 Å². The molecule has 0 aliphatic carbocycles. The fourth-order valence-corrected chi connectivity index (χ4v) is 2.07. The van der Waals surface area contributed by atoms with Gasteiger partial charge in [0.1, 0.15) is 11.7 Å². The largest absolute Gasteiger partial charge is 0.549 e. The summed E-state index contributed by atoms with van der Waals surface area (Å²) in [6, 6.07) is 1.98. The second-order valence-electron chi connectivity index (χ2n) is 5.28. The van der Waals surface area contributed by atoms with Gasteiger partial charge in [0.2, 0.25) is 5.75 Å². The van der Waals surface area contributed by atoms with Crippen molar-refractivity contribution in [3.8, 4) is 17.2 Å². The van der Waals surface area contributed by atoms with E-state index in [0.717, 1.165) is 39.8 Å². The average molecular weight is 379 g/mol. The fraction of sp³-hybridized carbons (Fsp3) is 0.294. The number of esters is 3. The number of Topliss-reactive ketones (excluding diaryl/α,β-unsaturated/α-hetero) is 2. The number of aliphatic carboxylic acids is 1. The predicted molar refractivity (Wildman–Crippen MR) is 83.9 cm³/mol. The first-order valence-electron chi connectivity index (χ1n) is 7.43. The summed E-state index contributed by atoms with van der Waals surface area (Å²) in [7, 11) is 0. The van der Waals surface area contributed by atoms with E-state index in [0.29, 0.717) is 0 Å². The van der Waals surface area contributed by atoms with Crippen molar-refractivity contribution in [1.82, 2.24) is 0 Å². The van der Waals surface area contributed by atoms with Crippen LogP contribution < -0.4 is 19.3 Å². The van der Waals surface area contributed by atoms with Crippen LogP contribution in [-0.2, 0) is 24.0 Å². The maximum atomic E-state index is 12.5. The third kappa shape index (κ3) is 5.46. The Labute approximate surface area is 153 Å². The molecule has 0 amide bonds. The number of carbonyl (C=O) groups is 6. The molecule has 1 atom stereocenters. The van der Waals surface area contributed by atoms with Gasteiger partial charge in [-0.15, -0.1) is 0 Å². The third-order valence-corrected chi connectivity index (χ3v) is 2.99. The molecule has 144 valence electrons. The first-order valence-corrected chi connectivity index (χ1v) is 7.43. The first kappa shape index (κ1) is 21.5. The van der Waals surface area contributed by atoms with Gasteiger partial charge in [-0.2, -0.15) is 0 Å². The monoisotopic (exact) mass is 379 g/mol. The normalized spacial score (nSPS) is 11.1. The molecule has 0 aliphatic rings. The molecule has 0 spiro atoms. The molecule has 0 bridgehead atoms. The molecule has 1 aromatic rings. The average Bonchev–Trinajstić information content (AvgIpc) is 2.48. The molecule has 0 N–H and O–H groups in total. The van der Waals surface area contributed by atoms with Gasteiger partial charge >= 0.3 is 17.9 Å². The van der Waals surface area contributed by atoms with E-state index in [1.165, 1.54) is 0 Å². The van der Waals surface area contributed by atoms with Crippen LogP contribution in [0.2, 0.25) is 0 Å². The molecule has 10 nitrogen and oxygen atoms in total. The summed E-state index contributed by atoms with van der Waals surface area (Å²) < 4.78 is 14.6. The lowest BCUT2D eigenvalue weighted by molar-refractivity contribution is -0.307. The molecule has 0 saturated heterocycles. The summed E-state index contributed by atoms with van der Waals surface area (Å²) in [5.74, 6) is -10.7. The van der Waals surface area contributed by atoms with Gasteiger partial charge in [-0.05, 0) is 19.1 Å². The van der Waals surface area contributed by atoms with Gasteiger partial charge in [-0.1, -0.05) is 0 Å². The lowest BCUT2D eigenvalue weighted by Gasteiger charge is -2.19. The van der Waals surface area contributed by atoms with E-state index < -0.39 is 58.4 Å². The van der Waals surface area contributed by atoms with E-state index in [4.69, 9.17) is 14.2 Å². The summed E-state index contributed by atoms with van der Waals surface area (Å²) >= 11 is 0. The van der Waals surface area contributed by atoms with Crippen LogP contribution in [0.15, 0.2) is 12.1 Å². The van der Waals surface area contributed by atoms with Gasteiger partial charge < -0.3 is 24.1 Å². The number of ketones is 2. The van der Waals surface area contributed by atoms with Crippen molar-refractivity contribution in [3.63, 3.8) is 0 Å². The molecule has 0 fully saturated rings. The summed E-state index contributed by atoms with van der Waals surface area (Å²) in [4.78, 5) is 69.2. The van der Waals surface area contributed by atoms with Crippen molar-refractivity contribution in [1.29, 1.82) is 0 Å². The highest BCUT2D eigenvalue weighted by Gasteiger charge is 2.32. The number of carboxylic acid groups (broad SMARTS) is 1. The highest BCUT2D eigenvalue weighted by molar-refractivity contribution is 6.22. The molecule has 0 aliphatic heterocycles. The molecule has 0 aromatic heterocycles. The maximum Gasteiger partial charge on any atom is 0.308 e. The second kappa shape index (κ2) is 8.70. The van der Waals surface area contributed by atoms with E-state index >= 15 is 0 Å². The van der Waals surface area contributed by atoms with Crippen LogP contribution >= 0.6 is 0 Å². The fourth-order valence-electron chi connectivity index (χ4n) is 2.07. The second-order valence-corrected chi connectivity index (χ2v) is 5.28. The number of rotatable bonds is 7. The molecular formula is C17H15O10-. The van der Waals surface area contributed by atoms with Crippen molar-refractivity contribution < 1.29 is 48.1 Å². The molecular weight excluding hydrogens is 364 g/mol. The molecule has 1 rings (SSSR count). The smallest absolute Gasteiger partial charge is 0.308 e. The minimum atomic E-state index is -2.18. The van der Waals surface area contributed by atoms with E-state index in [-0.39, 0.29) is 5.75 Å². The van der Waals surface area contributed by atoms with Crippen molar-refractivity contribution in [2.45, 2.75) is 27.7 Å². The van der Waals surface area contributed by atoms with Crippen LogP contribution in [0.1, 0.15) is 38.1 Å². The summed E-state index contributed by atoms with van der Waals surface area (Å²) in [6.45, 7) is 3.86. The molecule has 0 heterocycles. The van der Waals surface area contributed by atoms with Crippen LogP contribution in [0.3, 0.4) is 0 Å². The van der Waals surface area contributed by atoms with Gasteiger partial charge in [-0.3, -0.25) is 24.0 Å². The number of carbonyl (C=O) groups excluding carboxylic acids is 6. The summed E-state index contributed by atoms with van der Waals surface area (Å²) in [5, 5.41) is 11.1. The van der Waals surface area contributed by atoms with E-state index in [2.05, 4.69) is 0 Å². The van der Waals surface area contributed by atoms with Crippen LogP contribution in [0.4, 0.5) is 0 Å². The number of carboxylic acids is 1. The Morgan fingerprint density at radius 3 is 1.67 bits per heavy atom. The topological polar surface area (TPSA) is 153 Å². The Morgan fingerprint density at radius 2 is 1.26 bits per heavy atom. The van der Waals surface area contributed by atoms with Crippen molar-refractivity contribution in [2.75, 3.05) is 0 Å². The number of benzene rings is 1. The summed E-state index contributed by atoms with van der Waals surface area (Å²) in [5.41, 5.74) is -0.554. The van der Waals surface area contributed by atoms with Gasteiger partial charge in [0.15, 0.2) is 17.3 Å². The number of hydrogen-bond donors (Lipinski definition) is 0. The van der Waals surface area contributed by atoms with E-state index in [1.807, 2.05) is 0 Å². The van der Waals surface area contributed by atoms with Gasteiger partial charge in [-0.25, -0.2) is 0 Å².